The van der Waals surface area contributed by atoms with Crippen LogP contribution < -0.4 is 10.1 Å². The zero-order chi connectivity index (χ0) is 20.9. The lowest BCUT2D eigenvalue weighted by Crippen LogP contribution is -2.40. The lowest BCUT2D eigenvalue weighted by atomic mass is 10.1. The van der Waals surface area contributed by atoms with Crippen molar-refractivity contribution < 1.29 is 19.4 Å². The van der Waals surface area contributed by atoms with Gasteiger partial charge in [-0.1, -0.05) is 66.7 Å². The number of aliphatic hydroxyl groups is 1. The first-order chi connectivity index (χ1) is 14.6. The van der Waals surface area contributed by atoms with E-state index in [4.69, 9.17) is 4.74 Å². The number of nitrogens with one attached hydrogen (secondary N) is 1. The molecule has 1 aliphatic heterocycles. The predicted molar refractivity (Wildman–Crippen MR) is 114 cm³/mol. The monoisotopic (exact) mass is 404 g/mol. The van der Waals surface area contributed by atoms with Crippen LogP contribution in [-0.4, -0.2) is 47.2 Å². The molecule has 1 aliphatic rings. The molecule has 2 N–H and O–H groups in total. The maximum Gasteiger partial charge on any atom is 0.324 e. The molecule has 2 atom stereocenters. The first kappa shape index (κ1) is 19.9. The Balaban J connectivity index is 1.32. The molecule has 3 amide bonds. The van der Waals surface area contributed by atoms with Gasteiger partial charge in [-0.25, -0.2) is 4.79 Å². The van der Waals surface area contributed by atoms with Crippen molar-refractivity contribution in [3.05, 3.63) is 78.4 Å². The van der Waals surface area contributed by atoms with Crippen LogP contribution in [0, 0.1) is 0 Å². The molecule has 1 saturated heterocycles. The number of urea groups is 1. The van der Waals surface area contributed by atoms with Crippen molar-refractivity contribution in [2.24, 2.45) is 0 Å². The summed E-state index contributed by atoms with van der Waals surface area (Å²) in [5.74, 6) is 0.352. The molecule has 6 nitrogen and oxygen atoms in total. The number of β-amino-alcohol motifs (C(OH)–C–C–N with tert-alkyl or cyclic N) is 1. The lowest BCUT2D eigenvalue weighted by Gasteiger charge is -2.18. The number of fused-ring (bicyclic) bond motifs is 1. The van der Waals surface area contributed by atoms with Gasteiger partial charge in [0.15, 0.2) is 0 Å². The number of amides is 3. The Morgan fingerprint density at radius 1 is 0.967 bits per heavy atom. The molecule has 0 radical (unpaired) electrons. The van der Waals surface area contributed by atoms with E-state index in [1.807, 2.05) is 72.8 Å². The van der Waals surface area contributed by atoms with Crippen molar-refractivity contribution >= 4 is 22.7 Å². The van der Waals surface area contributed by atoms with Gasteiger partial charge in [0.1, 0.15) is 24.5 Å². The number of hydrogen-bond acceptors (Lipinski definition) is 4. The van der Waals surface area contributed by atoms with Gasteiger partial charge in [0.2, 0.25) is 0 Å². The number of carbonyl (C=O) groups excluding carboxylic acids is 2. The second-order valence-corrected chi connectivity index (χ2v) is 7.42. The van der Waals surface area contributed by atoms with Crippen LogP contribution in [0.3, 0.4) is 0 Å². The molecule has 0 spiro atoms. The van der Waals surface area contributed by atoms with Crippen molar-refractivity contribution in [3.8, 4) is 5.75 Å². The Bertz CT molecular complexity index is 1030. The average Bonchev–Trinajstić information content (AvgIpc) is 3.04. The van der Waals surface area contributed by atoms with E-state index in [1.54, 1.807) is 0 Å². The lowest BCUT2D eigenvalue weighted by molar-refractivity contribution is -0.128. The first-order valence-corrected chi connectivity index (χ1v) is 10.1. The van der Waals surface area contributed by atoms with E-state index in [1.165, 1.54) is 0 Å². The van der Waals surface area contributed by atoms with Gasteiger partial charge in [0, 0.05) is 5.39 Å². The van der Waals surface area contributed by atoms with Gasteiger partial charge in [-0.3, -0.25) is 9.69 Å². The zero-order valence-corrected chi connectivity index (χ0v) is 16.5. The largest absolute Gasteiger partial charge is 0.490 e. The minimum atomic E-state index is -0.980. The number of carbonyl (C=O) groups is 2. The number of aryl methyl sites for hydroxylation is 1. The number of nitrogens with zero attached hydrogens (tertiary/aromatic N) is 1. The Hall–Kier alpha value is -3.38. The molecule has 3 aromatic carbocycles. The van der Waals surface area contributed by atoms with Crippen LogP contribution in [0.5, 0.6) is 5.75 Å². The highest BCUT2D eigenvalue weighted by atomic mass is 16.5. The molecular weight excluding hydrogens is 380 g/mol. The predicted octanol–water partition coefficient (Wildman–Crippen LogP) is 3.13. The van der Waals surface area contributed by atoms with Crippen molar-refractivity contribution in [1.82, 2.24) is 10.2 Å². The number of hydrogen-bond donors (Lipinski definition) is 2. The Labute approximate surface area is 175 Å². The molecule has 154 valence electrons. The third-order valence-corrected chi connectivity index (χ3v) is 5.25. The van der Waals surface area contributed by atoms with Crippen molar-refractivity contribution in [1.29, 1.82) is 0 Å². The molecular formula is C24H24N2O4. The highest BCUT2D eigenvalue weighted by molar-refractivity contribution is 6.04. The van der Waals surface area contributed by atoms with Crippen LogP contribution in [-0.2, 0) is 11.2 Å². The van der Waals surface area contributed by atoms with Crippen molar-refractivity contribution in [2.75, 3.05) is 13.2 Å². The number of imide groups is 1. The fourth-order valence-electron chi connectivity index (χ4n) is 3.67. The molecule has 0 aliphatic carbocycles. The summed E-state index contributed by atoms with van der Waals surface area (Å²) in [5.41, 5.74) is 1.11. The van der Waals surface area contributed by atoms with Crippen molar-refractivity contribution in [2.45, 2.75) is 25.0 Å². The van der Waals surface area contributed by atoms with Gasteiger partial charge in [0.05, 0.1) is 6.54 Å². The van der Waals surface area contributed by atoms with Gasteiger partial charge in [-0.2, -0.15) is 0 Å². The fraction of sp³-hybridized carbons (Fsp3) is 0.250. The van der Waals surface area contributed by atoms with Crippen LogP contribution in [0.1, 0.15) is 12.0 Å². The number of aliphatic hydroxyl groups excluding tert-OH is 1. The third-order valence-electron chi connectivity index (χ3n) is 5.25. The summed E-state index contributed by atoms with van der Waals surface area (Å²) in [5, 5.41) is 15.1. The minimum absolute atomic E-state index is 0.0141. The average molecular weight is 404 g/mol. The summed E-state index contributed by atoms with van der Waals surface area (Å²) in [4.78, 5) is 25.9. The van der Waals surface area contributed by atoms with Gasteiger partial charge >= 0.3 is 6.03 Å². The number of benzene rings is 3. The third kappa shape index (κ3) is 4.44. The normalized spacial score (nSPS) is 17.2. The standard InChI is InChI=1S/C24H24N2O4/c27-19(16-30-22-12-6-10-18-9-4-5-11-20(18)22)15-26-23(28)21(25-24(26)29)14-13-17-7-2-1-3-8-17/h1-12,19,21,27H,13-16H2,(H,25,29)/t19-,21+/m1/s1. The maximum atomic E-state index is 12.6. The summed E-state index contributed by atoms with van der Waals surface area (Å²) in [6.45, 7) is -0.114. The molecule has 0 aromatic heterocycles. The molecule has 0 bridgehead atoms. The maximum absolute atomic E-state index is 12.6. The summed E-state index contributed by atoms with van der Waals surface area (Å²) >= 11 is 0. The van der Waals surface area contributed by atoms with Crippen LogP contribution in [0.15, 0.2) is 72.8 Å². The van der Waals surface area contributed by atoms with E-state index in [2.05, 4.69) is 5.32 Å². The fourth-order valence-corrected chi connectivity index (χ4v) is 3.67. The van der Waals surface area contributed by atoms with Gasteiger partial charge in [0.25, 0.3) is 5.91 Å². The molecule has 3 aromatic rings. The Kier molecular flexibility index (Phi) is 5.95. The number of ether oxygens (including phenoxy) is 1. The van der Waals surface area contributed by atoms with E-state index < -0.39 is 18.2 Å². The summed E-state index contributed by atoms with van der Waals surface area (Å²) in [7, 11) is 0. The second-order valence-electron chi connectivity index (χ2n) is 7.42. The highest BCUT2D eigenvalue weighted by Gasteiger charge is 2.38. The quantitative estimate of drug-likeness (QED) is 0.566. The highest BCUT2D eigenvalue weighted by Crippen LogP contribution is 2.25. The summed E-state index contributed by atoms with van der Waals surface area (Å²) in [6, 6.07) is 22.3. The first-order valence-electron chi connectivity index (χ1n) is 10.1. The minimum Gasteiger partial charge on any atom is -0.490 e. The molecule has 6 heteroatoms. The SMILES string of the molecule is O=C1N[C@@H](CCc2ccccc2)C(=O)N1C[C@@H](O)COc1cccc2ccccc12. The molecule has 0 unspecified atom stereocenters. The smallest absolute Gasteiger partial charge is 0.324 e. The van der Waals surface area contributed by atoms with Crippen LogP contribution in [0.25, 0.3) is 10.8 Å². The van der Waals surface area contributed by atoms with Crippen molar-refractivity contribution in [3.63, 3.8) is 0 Å². The van der Waals surface area contributed by atoms with Crippen LogP contribution in [0.2, 0.25) is 0 Å². The Morgan fingerprint density at radius 3 is 2.53 bits per heavy atom. The van der Waals surface area contributed by atoms with E-state index in [0.717, 1.165) is 21.2 Å². The number of rotatable bonds is 8. The molecule has 0 saturated carbocycles. The molecule has 1 fully saturated rings. The van der Waals surface area contributed by atoms with Crippen LogP contribution >= 0.6 is 0 Å². The summed E-state index contributed by atoms with van der Waals surface area (Å²) < 4.78 is 5.77. The zero-order valence-electron chi connectivity index (χ0n) is 16.5. The van der Waals surface area contributed by atoms with E-state index in [-0.39, 0.29) is 19.1 Å². The van der Waals surface area contributed by atoms with Gasteiger partial charge in [-0.15, -0.1) is 0 Å². The molecule has 30 heavy (non-hydrogen) atoms. The topological polar surface area (TPSA) is 78.9 Å². The molecule has 1 heterocycles. The van der Waals surface area contributed by atoms with Gasteiger partial charge in [-0.05, 0) is 29.9 Å². The second kappa shape index (κ2) is 8.97. The van der Waals surface area contributed by atoms with E-state index in [0.29, 0.717) is 18.6 Å². The summed E-state index contributed by atoms with van der Waals surface area (Å²) in [6.07, 6.45) is 0.234. The van der Waals surface area contributed by atoms with E-state index in [9.17, 15) is 14.7 Å². The van der Waals surface area contributed by atoms with Gasteiger partial charge < -0.3 is 15.2 Å². The van der Waals surface area contributed by atoms with E-state index >= 15 is 0 Å². The Morgan fingerprint density at radius 2 is 1.70 bits per heavy atom. The molecule has 4 rings (SSSR count). The van der Waals surface area contributed by atoms with Crippen LogP contribution in [0.4, 0.5) is 4.79 Å².